The number of rotatable bonds is 9. The first-order valence-corrected chi connectivity index (χ1v) is 10.3. The minimum Gasteiger partial charge on any atom is -0.375 e. The maximum atomic E-state index is 12.3. The lowest BCUT2D eigenvalue weighted by Crippen LogP contribution is -2.50. The van der Waals surface area contributed by atoms with Gasteiger partial charge in [0, 0.05) is 18.6 Å². The summed E-state index contributed by atoms with van der Waals surface area (Å²) in [5, 5.41) is -0.505. The van der Waals surface area contributed by atoms with Crippen molar-refractivity contribution < 1.29 is 14.3 Å². The van der Waals surface area contributed by atoms with E-state index in [4.69, 9.17) is 4.74 Å². The Balaban J connectivity index is 2.73. The van der Waals surface area contributed by atoms with Crippen LogP contribution in [-0.4, -0.2) is 39.7 Å². The monoisotopic (exact) mass is 385 g/mol. The molecule has 152 valence electrons. The Kier molecular flexibility index (Phi) is 7.07. The van der Waals surface area contributed by atoms with Crippen LogP contribution >= 0.6 is 12.6 Å². The lowest BCUT2D eigenvalue weighted by molar-refractivity contribution is -0.147. The summed E-state index contributed by atoms with van der Waals surface area (Å²) in [6.07, 6.45) is 3.00. The van der Waals surface area contributed by atoms with E-state index in [0.29, 0.717) is 13.0 Å². The third-order valence-electron chi connectivity index (χ3n) is 6.41. The normalized spacial score (nSPS) is 20.2. The van der Waals surface area contributed by atoms with Crippen LogP contribution in [0.15, 0.2) is 0 Å². The molecule has 1 aliphatic rings. The summed E-state index contributed by atoms with van der Waals surface area (Å²) < 4.78 is 6.31. The van der Waals surface area contributed by atoms with Crippen molar-refractivity contribution in [1.82, 2.24) is 4.90 Å². The van der Waals surface area contributed by atoms with E-state index < -0.39 is 10.8 Å². The van der Waals surface area contributed by atoms with E-state index >= 15 is 0 Å². The Morgan fingerprint density at radius 1 is 1.08 bits per heavy atom. The second kappa shape index (κ2) is 7.83. The van der Waals surface area contributed by atoms with Crippen LogP contribution in [0.2, 0.25) is 0 Å². The molecule has 4 nitrogen and oxygen atoms in total. The third-order valence-corrected chi connectivity index (χ3v) is 6.82. The van der Waals surface area contributed by atoms with Gasteiger partial charge in [-0.05, 0) is 51.4 Å². The first-order valence-electron chi connectivity index (χ1n) is 9.75. The van der Waals surface area contributed by atoms with Crippen molar-refractivity contribution in [3.05, 3.63) is 0 Å². The van der Waals surface area contributed by atoms with Gasteiger partial charge in [0.25, 0.3) is 0 Å². The zero-order valence-corrected chi connectivity index (χ0v) is 19.1. The van der Waals surface area contributed by atoms with E-state index in [1.54, 1.807) is 0 Å². The van der Waals surface area contributed by atoms with Crippen LogP contribution in [0.1, 0.15) is 88.0 Å². The van der Waals surface area contributed by atoms with E-state index in [1.807, 2.05) is 13.8 Å². The molecule has 0 aromatic rings. The van der Waals surface area contributed by atoms with Crippen LogP contribution in [0.5, 0.6) is 0 Å². The molecular weight excluding hydrogens is 346 g/mol. The molecule has 26 heavy (non-hydrogen) atoms. The van der Waals surface area contributed by atoms with E-state index in [2.05, 4.69) is 61.1 Å². The van der Waals surface area contributed by atoms with Crippen LogP contribution in [0.25, 0.3) is 0 Å². The summed E-state index contributed by atoms with van der Waals surface area (Å²) in [4.78, 5) is 25.8. The van der Waals surface area contributed by atoms with Crippen molar-refractivity contribution in [3.8, 4) is 0 Å². The Bertz CT molecular complexity index is 537. The number of imide groups is 1. The van der Waals surface area contributed by atoms with E-state index in [0.717, 1.165) is 12.8 Å². The summed E-state index contributed by atoms with van der Waals surface area (Å²) in [5.74, 6) is -0.322. The van der Waals surface area contributed by atoms with Crippen molar-refractivity contribution in [2.45, 2.75) is 104 Å². The highest BCUT2D eigenvalue weighted by Crippen LogP contribution is 2.44. The van der Waals surface area contributed by atoms with E-state index in [9.17, 15) is 9.59 Å². The molecule has 1 rings (SSSR count). The number of thiol groups is 1. The molecule has 0 spiro atoms. The molecule has 5 heteroatoms. The minimum absolute atomic E-state index is 0.00608. The molecule has 1 heterocycles. The second-order valence-corrected chi connectivity index (χ2v) is 10.9. The molecule has 0 radical (unpaired) electrons. The predicted octanol–water partition coefficient (Wildman–Crippen LogP) is 4.86. The maximum Gasteiger partial charge on any atom is 0.243 e. The van der Waals surface area contributed by atoms with E-state index in [1.165, 1.54) is 4.90 Å². The quantitative estimate of drug-likeness (QED) is 0.455. The number of nitrogens with zero attached hydrogens (tertiary/aromatic N) is 1. The van der Waals surface area contributed by atoms with Crippen LogP contribution in [0, 0.1) is 10.8 Å². The summed E-state index contributed by atoms with van der Waals surface area (Å²) in [6.45, 7) is 20.0. The largest absolute Gasteiger partial charge is 0.375 e. The summed E-state index contributed by atoms with van der Waals surface area (Å²) in [7, 11) is 0. The van der Waals surface area contributed by atoms with Crippen LogP contribution < -0.4 is 0 Å². The van der Waals surface area contributed by atoms with Crippen molar-refractivity contribution in [3.63, 3.8) is 0 Å². The summed E-state index contributed by atoms with van der Waals surface area (Å²) >= 11 is 4.22. The van der Waals surface area contributed by atoms with Gasteiger partial charge >= 0.3 is 0 Å². The summed E-state index contributed by atoms with van der Waals surface area (Å²) in [5.41, 5.74) is -0.597. The number of hydrogen-bond acceptors (Lipinski definition) is 4. The van der Waals surface area contributed by atoms with Gasteiger partial charge in [-0.15, -0.1) is 0 Å². The number of hydrogen-bond donors (Lipinski definition) is 1. The highest BCUT2D eigenvalue weighted by atomic mass is 32.1. The molecule has 0 aliphatic carbocycles. The maximum absolute atomic E-state index is 12.3. The van der Waals surface area contributed by atoms with Gasteiger partial charge in [-0.3, -0.25) is 14.5 Å². The highest BCUT2D eigenvalue weighted by molar-refractivity contribution is 7.81. The fourth-order valence-electron chi connectivity index (χ4n) is 3.65. The Hall–Kier alpha value is -0.550. The SMILES string of the molecule is CCC(C)(C)CC(C)(C)C(C)(C)OCCC(C)(C)N1C(=O)CC(S)C1=O. The molecule has 1 atom stereocenters. The van der Waals surface area contributed by atoms with Gasteiger partial charge in [0.2, 0.25) is 11.8 Å². The van der Waals surface area contributed by atoms with E-state index in [-0.39, 0.29) is 34.7 Å². The lowest BCUT2D eigenvalue weighted by Gasteiger charge is -2.46. The molecule has 1 fully saturated rings. The van der Waals surface area contributed by atoms with Gasteiger partial charge in [0.05, 0.1) is 10.9 Å². The molecule has 1 unspecified atom stereocenters. The van der Waals surface area contributed by atoms with Crippen molar-refractivity contribution >= 4 is 24.4 Å². The average molecular weight is 386 g/mol. The van der Waals surface area contributed by atoms with Crippen molar-refractivity contribution in [1.29, 1.82) is 0 Å². The molecule has 0 aromatic carbocycles. The van der Waals surface area contributed by atoms with Crippen LogP contribution in [0.3, 0.4) is 0 Å². The molecular formula is C21H39NO3S. The fourth-order valence-corrected chi connectivity index (χ4v) is 3.92. The average Bonchev–Trinajstić information content (AvgIpc) is 2.70. The summed E-state index contributed by atoms with van der Waals surface area (Å²) in [6, 6.07) is 0. The van der Waals surface area contributed by atoms with Gasteiger partial charge in [-0.1, -0.05) is 41.0 Å². The lowest BCUT2D eigenvalue weighted by atomic mass is 9.66. The second-order valence-electron chi connectivity index (χ2n) is 10.3. The molecule has 0 saturated carbocycles. The van der Waals surface area contributed by atoms with Gasteiger partial charge in [0.15, 0.2) is 0 Å². The minimum atomic E-state index is -0.561. The Morgan fingerprint density at radius 3 is 2.04 bits per heavy atom. The molecule has 1 saturated heterocycles. The number of ether oxygens (including phenoxy) is 1. The highest BCUT2D eigenvalue weighted by Gasteiger charge is 2.45. The number of amides is 2. The molecule has 0 N–H and O–H groups in total. The van der Waals surface area contributed by atoms with Crippen LogP contribution in [-0.2, 0) is 14.3 Å². The smallest absolute Gasteiger partial charge is 0.243 e. The Labute approximate surface area is 165 Å². The molecule has 0 bridgehead atoms. The van der Waals surface area contributed by atoms with Crippen LogP contribution in [0.4, 0.5) is 0 Å². The first-order chi connectivity index (χ1) is 11.6. The standard InChI is InChI=1S/C21H39NO3S/c1-10-18(2,3)14-19(4,5)21(8,9)25-12-11-20(6,7)22-16(23)13-15(26)17(22)24/h15,26H,10-14H2,1-9H3. The molecule has 0 aromatic heterocycles. The number of carbonyl (C=O) groups is 2. The molecule has 1 aliphatic heterocycles. The molecule has 2 amide bonds. The zero-order valence-electron chi connectivity index (χ0n) is 18.2. The Morgan fingerprint density at radius 2 is 1.62 bits per heavy atom. The topological polar surface area (TPSA) is 46.6 Å². The number of likely N-dealkylation sites (tertiary alicyclic amines) is 1. The van der Waals surface area contributed by atoms with Gasteiger partial charge in [0.1, 0.15) is 0 Å². The first kappa shape index (κ1) is 23.5. The van der Waals surface area contributed by atoms with Gasteiger partial charge < -0.3 is 4.74 Å². The van der Waals surface area contributed by atoms with Gasteiger partial charge in [-0.25, -0.2) is 0 Å². The fraction of sp³-hybridized carbons (Fsp3) is 0.905. The van der Waals surface area contributed by atoms with Gasteiger partial charge in [-0.2, -0.15) is 12.6 Å². The van der Waals surface area contributed by atoms with Crippen molar-refractivity contribution in [2.75, 3.05) is 6.61 Å². The number of carbonyl (C=O) groups excluding carboxylic acids is 2. The van der Waals surface area contributed by atoms with Crippen molar-refractivity contribution in [2.24, 2.45) is 10.8 Å². The third kappa shape index (κ3) is 5.25. The predicted molar refractivity (Wildman–Crippen MR) is 110 cm³/mol. The zero-order chi connectivity index (χ0) is 20.6.